The van der Waals surface area contributed by atoms with E-state index < -0.39 is 27.4 Å². The van der Waals surface area contributed by atoms with Crippen molar-refractivity contribution in [2.45, 2.75) is 37.0 Å². The molecular formula is C22H25N3O5S. The van der Waals surface area contributed by atoms with E-state index in [1.165, 1.54) is 48.4 Å². The van der Waals surface area contributed by atoms with Crippen LogP contribution in [-0.2, 0) is 14.8 Å². The van der Waals surface area contributed by atoms with Crippen molar-refractivity contribution in [1.29, 1.82) is 0 Å². The molecule has 1 aliphatic rings. The van der Waals surface area contributed by atoms with E-state index in [1.54, 1.807) is 18.2 Å². The largest absolute Gasteiger partial charge is 0.354 e. The number of nitro groups is 1. The molecule has 1 amide bonds. The van der Waals surface area contributed by atoms with Crippen LogP contribution in [-0.4, -0.2) is 32.3 Å². The summed E-state index contributed by atoms with van der Waals surface area (Å²) in [6.45, 7) is 0.0121. The van der Waals surface area contributed by atoms with E-state index in [0.29, 0.717) is 6.54 Å². The third kappa shape index (κ3) is 5.91. The van der Waals surface area contributed by atoms with Gasteiger partial charge in [0.15, 0.2) is 0 Å². The Balaban J connectivity index is 1.77. The maximum absolute atomic E-state index is 13.2. The number of non-ortho nitro benzene ring substituents is 1. The van der Waals surface area contributed by atoms with E-state index >= 15 is 0 Å². The number of benzene rings is 2. The minimum atomic E-state index is -4.04. The van der Waals surface area contributed by atoms with Gasteiger partial charge >= 0.3 is 0 Å². The molecule has 164 valence electrons. The second-order valence-corrected chi connectivity index (χ2v) is 9.17. The first kappa shape index (κ1) is 22.5. The van der Waals surface area contributed by atoms with E-state index in [9.17, 15) is 23.3 Å². The highest BCUT2D eigenvalue weighted by Gasteiger charge is 2.27. The summed E-state index contributed by atoms with van der Waals surface area (Å²) in [5.74, 6) is -0.436. The molecule has 0 unspecified atom stereocenters. The summed E-state index contributed by atoms with van der Waals surface area (Å²) >= 11 is 0. The minimum Gasteiger partial charge on any atom is -0.354 e. The smallest absolute Gasteiger partial charge is 0.269 e. The van der Waals surface area contributed by atoms with Crippen molar-refractivity contribution in [3.05, 3.63) is 76.4 Å². The van der Waals surface area contributed by atoms with Gasteiger partial charge in [0, 0.05) is 18.7 Å². The number of anilines is 1. The first-order chi connectivity index (χ1) is 14.9. The zero-order chi connectivity index (χ0) is 22.3. The standard InChI is InChI=1S/C22H25N3O5S/c26-22(23-16-15-18-7-3-1-4-8-18)17-24(19-11-13-20(14-12-19)25(27)28)31(29,30)21-9-5-2-6-10-21/h2,5-7,9-14H,1,3-4,8,15-17H2,(H,23,26). The van der Waals surface area contributed by atoms with Crippen LogP contribution >= 0.6 is 0 Å². The predicted molar refractivity (Wildman–Crippen MR) is 118 cm³/mol. The van der Waals surface area contributed by atoms with Gasteiger partial charge in [-0.05, 0) is 56.4 Å². The first-order valence-corrected chi connectivity index (χ1v) is 11.6. The Morgan fingerprint density at radius 1 is 1.06 bits per heavy atom. The summed E-state index contributed by atoms with van der Waals surface area (Å²) in [5.41, 5.74) is 1.33. The molecule has 0 aromatic heterocycles. The lowest BCUT2D eigenvalue weighted by atomic mass is 9.97. The number of allylic oxidation sites excluding steroid dienone is 1. The molecule has 31 heavy (non-hydrogen) atoms. The molecule has 0 aliphatic heterocycles. The highest BCUT2D eigenvalue weighted by Crippen LogP contribution is 2.25. The van der Waals surface area contributed by atoms with Gasteiger partial charge in [0.05, 0.1) is 15.5 Å². The number of rotatable bonds is 9. The topological polar surface area (TPSA) is 110 Å². The SMILES string of the molecule is O=C(CN(c1ccc([N+](=O)[O-])cc1)S(=O)(=O)c1ccccc1)NCCC1=CCCCC1. The van der Waals surface area contributed by atoms with Crippen LogP contribution in [0.5, 0.6) is 0 Å². The summed E-state index contributed by atoms with van der Waals surface area (Å²) in [7, 11) is -4.04. The maximum Gasteiger partial charge on any atom is 0.269 e. The fraction of sp³-hybridized carbons (Fsp3) is 0.318. The van der Waals surface area contributed by atoms with Crippen LogP contribution in [0.15, 0.2) is 71.1 Å². The van der Waals surface area contributed by atoms with Gasteiger partial charge in [-0.2, -0.15) is 0 Å². The molecule has 0 saturated carbocycles. The fourth-order valence-corrected chi connectivity index (χ4v) is 4.90. The maximum atomic E-state index is 13.2. The molecule has 0 spiro atoms. The van der Waals surface area contributed by atoms with Crippen molar-refractivity contribution in [3.63, 3.8) is 0 Å². The van der Waals surface area contributed by atoms with Crippen molar-refractivity contribution < 1.29 is 18.1 Å². The number of hydrogen-bond donors (Lipinski definition) is 1. The molecule has 1 aliphatic carbocycles. The highest BCUT2D eigenvalue weighted by atomic mass is 32.2. The Morgan fingerprint density at radius 3 is 2.39 bits per heavy atom. The molecular weight excluding hydrogens is 418 g/mol. The normalized spacial score (nSPS) is 13.9. The quantitative estimate of drug-likeness (QED) is 0.360. The number of nitro benzene ring substituents is 1. The van der Waals surface area contributed by atoms with Gasteiger partial charge in [-0.15, -0.1) is 0 Å². The van der Waals surface area contributed by atoms with E-state index in [4.69, 9.17) is 0 Å². The molecule has 3 rings (SSSR count). The molecule has 0 saturated heterocycles. The second kappa shape index (κ2) is 10.2. The van der Waals surface area contributed by atoms with Crippen LogP contribution < -0.4 is 9.62 Å². The number of carbonyl (C=O) groups excluding carboxylic acids is 1. The Bertz CT molecular complexity index is 1050. The van der Waals surface area contributed by atoms with Gasteiger partial charge in [0.25, 0.3) is 15.7 Å². The lowest BCUT2D eigenvalue weighted by Crippen LogP contribution is -2.41. The number of sulfonamides is 1. The van der Waals surface area contributed by atoms with Crippen LogP contribution in [0.2, 0.25) is 0 Å². The molecule has 9 heteroatoms. The molecule has 1 N–H and O–H groups in total. The Morgan fingerprint density at radius 2 is 1.77 bits per heavy atom. The van der Waals surface area contributed by atoms with Crippen molar-refractivity contribution in [2.75, 3.05) is 17.4 Å². The summed E-state index contributed by atoms with van der Waals surface area (Å²) < 4.78 is 27.4. The average Bonchev–Trinajstić information content (AvgIpc) is 2.79. The number of hydrogen-bond acceptors (Lipinski definition) is 5. The number of amides is 1. The number of nitrogens with zero attached hydrogens (tertiary/aromatic N) is 2. The lowest BCUT2D eigenvalue weighted by molar-refractivity contribution is -0.384. The average molecular weight is 444 g/mol. The number of nitrogens with one attached hydrogen (secondary N) is 1. The Labute approximate surface area is 181 Å². The molecule has 0 fully saturated rings. The Kier molecular flexibility index (Phi) is 7.41. The van der Waals surface area contributed by atoms with E-state index in [0.717, 1.165) is 30.0 Å². The van der Waals surface area contributed by atoms with Crippen molar-refractivity contribution in [1.82, 2.24) is 5.32 Å². The summed E-state index contributed by atoms with van der Waals surface area (Å²) in [4.78, 5) is 23.0. The molecule has 2 aromatic rings. The molecule has 0 heterocycles. The van der Waals surface area contributed by atoms with Crippen LogP contribution in [0.25, 0.3) is 0 Å². The molecule has 2 aromatic carbocycles. The third-order valence-electron chi connectivity index (χ3n) is 5.12. The van der Waals surface area contributed by atoms with Gasteiger partial charge in [0.2, 0.25) is 5.91 Å². The van der Waals surface area contributed by atoms with E-state index in [1.807, 2.05) is 0 Å². The Hall–Kier alpha value is -3.20. The van der Waals surface area contributed by atoms with E-state index in [-0.39, 0.29) is 16.3 Å². The van der Waals surface area contributed by atoms with Gasteiger partial charge in [-0.3, -0.25) is 19.2 Å². The molecule has 0 bridgehead atoms. The van der Waals surface area contributed by atoms with Crippen molar-refractivity contribution in [2.24, 2.45) is 0 Å². The van der Waals surface area contributed by atoms with Gasteiger partial charge in [-0.1, -0.05) is 29.8 Å². The van der Waals surface area contributed by atoms with E-state index in [2.05, 4.69) is 11.4 Å². The van der Waals surface area contributed by atoms with Gasteiger partial charge in [0.1, 0.15) is 6.54 Å². The molecule has 0 radical (unpaired) electrons. The number of carbonyl (C=O) groups is 1. The lowest BCUT2D eigenvalue weighted by Gasteiger charge is -2.24. The van der Waals surface area contributed by atoms with Crippen LogP contribution in [0.3, 0.4) is 0 Å². The van der Waals surface area contributed by atoms with Crippen LogP contribution in [0.1, 0.15) is 32.1 Å². The monoisotopic (exact) mass is 443 g/mol. The predicted octanol–water partition coefficient (Wildman–Crippen LogP) is 3.80. The molecule has 8 nitrogen and oxygen atoms in total. The zero-order valence-electron chi connectivity index (χ0n) is 17.1. The second-order valence-electron chi connectivity index (χ2n) is 7.31. The highest BCUT2D eigenvalue weighted by molar-refractivity contribution is 7.92. The minimum absolute atomic E-state index is 0.0357. The summed E-state index contributed by atoms with van der Waals surface area (Å²) in [6.07, 6.45) is 7.40. The molecule has 0 atom stereocenters. The van der Waals surface area contributed by atoms with Crippen LogP contribution in [0, 0.1) is 10.1 Å². The van der Waals surface area contributed by atoms with Gasteiger partial charge in [-0.25, -0.2) is 8.42 Å². The summed E-state index contributed by atoms with van der Waals surface area (Å²) in [6, 6.07) is 12.9. The van der Waals surface area contributed by atoms with Crippen molar-refractivity contribution >= 4 is 27.3 Å². The zero-order valence-corrected chi connectivity index (χ0v) is 17.9. The fourth-order valence-electron chi connectivity index (χ4n) is 3.46. The van der Waals surface area contributed by atoms with Crippen molar-refractivity contribution in [3.8, 4) is 0 Å². The van der Waals surface area contributed by atoms with Crippen LogP contribution in [0.4, 0.5) is 11.4 Å². The first-order valence-electron chi connectivity index (χ1n) is 10.1. The van der Waals surface area contributed by atoms with Gasteiger partial charge < -0.3 is 5.32 Å². The third-order valence-corrected chi connectivity index (χ3v) is 6.91. The summed E-state index contributed by atoms with van der Waals surface area (Å²) in [5, 5.41) is 13.7.